The van der Waals surface area contributed by atoms with Gasteiger partial charge < -0.3 is 15.8 Å². The first-order chi connectivity index (χ1) is 6.97. The average molecular weight is 216 g/mol. The maximum Gasteiger partial charge on any atom is 0.220 e. The summed E-state index contributed by atoms with van der Waals surface area (Å²) >= 11 is 0. The lowest BCUT2D eigenvalue weighted by atomic mass is 10.1. The molecule has 0 aliphatic rings. The second-order valence-electron chi connectivity index (χ2n) is 4.30. The Morgan fingerprint density at radius 3 is 2.47 bits per heavy atom. The number of nitrogens with one attached hydrogen (secondary N) is 1. The number of hydrogen-bond donors (Lipinski definition) is 2. The summed E-state index contributed by atoms with van der Waals surface area (Å²) in [4.78, 5) is 11.4. The predicted octanol–water partition coefficient (Wildman–Crippen LogP) is 0.901. The zero-order valence-electron chi connectivity index (χ0n) is 10.2. The van der Waals surface area contributed by atoms with Gasteiger partial charge in [0.05, 0.1) is 6.10 Å². The molecule has 0 aromatic heterocycles. The summed E-state index contributed by atoms with van der Waals surface area (Å²) in [5, 5.41) is 2.82. The highest BCUT2D eigenvalue weighted by atomic mass is 16.5. The van der Waals surface area contributed by atoms with Gasteiger partial charge in [0.25, 0.3) is 0 Å². The van der Waals surface area contributed by atoms with E-state index in [-0.39, 0.29) is 18.1 Å². The number of nitrogens with two attached hydrogens (primary N) is 1. The molecule has 0 saturated carbocycles. The van der Waals surface area contributed by atoms with Crippen LogP contribution < -0.4 is 11.1 Å². The van der Waals surface area contributed by atoms with Crippen molar-refractivity contribution in [3.05, 3.63) is 0 Å². The van der Waals surface area contributed by atoms with Crippen molar-refractivity contribution in [2.45, 2.75) is 45.8 Å². The largest absolute Gasteiger partial charge is 0.382 e. The number of methoxy groups -OCH3 is 1. The van der Waals surface area contributed by atoms with Crippen molar-refractivity contribution in [3.63, 3.8) is 0 Å². The molecule has 90 valence electrons. The van der Waals surface area contributed by atoms with Gasteiger partial charge in [-0.1, -0.05) is 13.8 Å². The van der Waals surface area contributed by atoms with E-state index in [1.54, 1.807) is 7.11 Å². The molecule has 0 rings (SSSR count). The molecule has 0 saturated heterocycles. The molecule has 2 atom stereocenters. The minimum absolute atomic E-state index is 0.0359. The van der Waals surface area contributed by atoms with E-state index < -0.39 is 0 Å². The van der Waals surface area contributed by atoms with Crippen LogP contribution in [0.15, 0.2) is 0 Å². The molecule has 3 N–H and O–H groups in total. The molecule has 0 aliphatic heterocycles. The Balaban J connectivity index is 3.58. The summed E-state index contributed by atoms with van der Waals surface area (Å²) in [6.45, 7) is 6.60. The molecule has 0 fully saturated rings. The van der Waals surface area contributed by atoms with Gasteiger partial charge in [-0.25, -0.2) is 0 Å². The summed E-state index contributed by atoms with van der Waals surface area (Å²) in [6.07, 6.45) is 1.38. The van der Waals surface area contributed by atoms with Crippen LogP contribution in [0.5, 0.6) is 0 Å². The van der Waals surface area contributed by atoms with Gasteiger partial charge in [-0.3, -0.25) is 4.79 Å². The lowest BCUT2D eigenvalue weighted by Gasteiger charge is -2.16. The average Bonchev–Trinajstić information content (AvgIpc) is 2.21. The lowest BCUT2D eigenvalue weighted by molar-refractivity contribution is -0.121. The zero-order valence-corrected chi connectivity index (χ0v) is 10.2. The van der Waals surface area contributed by atoms with Gasteiger partial charge in [0, 0.05) is 26.1 Å². The Morgan fingerprint density at radius 1 is 1.40 bits per heavy atom. The number of amides is 1. The molecule has 0 aliphatic carbocycles. The molecule has 0 aromatic rings. The Labute approximate surface area is 92.6 Å². The minimum atomic E-state index is 0.0359. The van der Waals surface area contributed by atoms with E-state index in [1.165, 1.54) is 0 Å². The van der Waals surface area contributed by atoms with Crippen LogP contribution in [0.25, 0.3) is 0 Å². The van der Waals surface area contributed by atoms with Gasteiger partial charge in [-0.2, -0.15) is 0 Å². The lowest BCUT2D eigenvalue weighted by Crippen LogP contribution is -2.40. The van der Waals surface area contributed by atoms with E-state index in [4.69, 9.17) is 10.5 Å². The molecule has 1 amide bonds. The maximum absolute atomic E-state index is 11.4. The standard InChI is InChI=1S/C11H24N2O2/c1-8(2)10(12)7-13-11(14)6-5-9(3)15-4/h8-10H,5-7,12H2,1-4H3,(H,13,14). The summed E-state index contributed by atoms with van der Waals surface area (Å²) in [5.74, 6) is 0.443. The summed E-state index contributed by atoms with van der Waals surface area (Å²) in [5.41, 5.74) is 5.81. The third-order valence-corrected chi connectivity index (χ3v) is 2.57. The van der Waals surface area contributed by atoms with Crippen molar-refractivity contribution in [2.75, 3.05) is 13.7 Å². The van der Waals surface area contributed by atoms with Gasteiger partial charge in [-0.05, 0) is 19.3 Å². The molecule has 0 radical (unpaired) electrons. The van der Waals surface area contributed by atoms with Gasteiger partial charge in [0.1, 0.15) is 0 Å². The maximum atomic E-state index is 11.4. The summed E-state index contributed by atoms with van der Waals surface area (Å²) < 4.78 is 5.06. The highest BCUT2D eigenvalue weighted by Crippen LogP contribution is 2.00. The quantitative estimate of drug-likeness (QED) is 0.664. The first kappa shape index (κ1) is 14.4. The topological polar surface area (TPSA) is 64.3 Å². The van der Waals surface area contributed by atoms with Crippen molar-refractivity contribution in [1.29, 1.82) is 0 Å². The van der Waals surface area contributed by atoms with Crippen LogP contribution in [0.2, 0.25) is 0 Å². The SMILES string of the molecule is COC(C)CCC(=O)NCC(N)C(C)C. The molecule has 4 heteroatoms. The molecule has 0 heterocycles. The molecule has 2 unspecified atom stereocenters. The van der Waals surface area contributed by atoms with Gasteiger partial charge >= 0.3 is 0 Å². The van der Waals surface area contributed by atoms with Gasteiger partial charge in [0.15, 0.2) is 0 Å². The molecule has 15 heavy (non-hydrogen) atoms. The second-order valence-corrected chi connectivity index (χ2v) is 4.30. The fourth-order valence-corrected chi connectivity index (χ4v) is 1.01. The van der Waals surface area contributed by atoms with Crippen LogP contribution in [-0.4, -0.2) is 31.7 Å². The van der Waals surface area contributed by atoms with Gasteiger partial charge in [-0.15, -0.1) is 0 Å². The molecule has 4 nitrogen and oxygen atoms in total. The van der Waals surface area contributed by atoms with E-state index in [0.717, 1.165) is 6.42 Å². The highest BCUT2D eigenvalue weighted by molar-refractivity contribution is 5.75. The smallest absolute Gasteiger partial charge is 0.220 e. The number of ether oxygens (including phenoxy) is 1. The van der Waals surface area contributed by atoms with Crippen LogP contribution in [0.4, 0.5) is 0 Å². The van der Waals surface area contributed by atoms with Crippen molar-refractivity contribution in [1.82, 2.24) is 5.32 Å². The summed E-state index contributed by atoms with van der Waals surface area (Å²) in [7, 11) is 1.65. The number of carbonyl (C=O) groups excluding carboxylic acids is 1. The molecule has 0 spiro atoms. The van der Waals surface area contributed by atoms with Crippen LogP contribution >= 0.6 is 0 Å². The minimum Gasteiger partial charge on any atom is -0.382 e. The third kappa shape index (κ3) is 7.33. The number of hydrogen-bond acceptors (Lipinski definition) is 3. The predicted molar refractivity (Wildman–Crippen MR) is 61.5 cm³/mol. The van der Waals surface area contributed by atoms with Crippen LogP contribution in [0, 0.1) is 5.92 Å². The zero-order chi connectivity index (χ0) is 11.8. The number of rotatable bonds is 7. The Morgan fingerprint density at radius 2 is 2.00 bits per heavy atom. The molecular weight excluding hydrogens is 192 g/mol. The number of carbonyl (C=O) groups is 1. The Hall–Kier alpha value is -0.610. The van der Waals surface area contributed by atoms with E-state index in [2.05, 4.69) is 5.32 Å². The fraction of sp³-hybridized carbons (Fsp3) is 0.909. The molecule has 0 bridgehead atoms. The van der Waals surface area contributed by atoms with Crippen LogP contribution in [0.3, 0.4) is 0 Å². The summed E-state index contributed by atoms with van der Waals surface area (Å²) in [6, 6.07) is 0.0359. The normalized spacial score (nSPS) is 15.1. The van der Waals surface area contributed by atoms with Gasteiger partial charge in [0.2, 0.25) is 5.91 Å². The van der Waals surface area contributed by atoms with Crippen molar-refractivity contribution in [3.8, 4) is 0 Å². The van der Waals surface area contributed by atoms with Crippen molar-refractivity contribution < 1.29 is 9.53 Å². The third-order valence-electron chi connectivity index (χ3n) is 2.57. The van der Waals surface area contributed by atoms with Crippen molar-refractivity contribution >= 4 is 5.91 Å². The van der Waals surface area contributed by atoms with E-state index >= 15 is 0 Å². The van der Waals surface area contributed by atoms with E-state index in [1.807, 2.05) is 20.8 Å². The Bertz CT molecular complexity index is 183. The first-order valence-electron chi connectivity index (χ1n) is 5.52. The fourth-order valence-electron chi connectivity index (χ4n) is 1.01. The first-order valence-corrected chi connectivity index (χ1v) is 5.52. The monoisotopic (exact) mass is 216 g/mol. The Kier molecular flexibility index (Phi) is 7.34. The highest BCUT2D eigenvalue weighted by Gasteiger charge is 2.10. The van der Waals surface area contributed by atoms with E-state index in [9.17, 15) is 4.79 Å². The van der Waals surface area contributed by atoms with Crippen molar-refractivity contribution in [2.24, 2.45) is 11.7 Å². The van der Waals surface area contributed by atoms with Crippen LogP contribution in [-0.2, 0) is 9.53 Å². The molecule has 0 aromatic carbocycles. The van der Waals surface area contributed by atoms with E-state index in [0.29, 0.717) is 18.9 Å². The molecular formula is C11H24N2O2. The van der Waals surface area contributed by atoms with Crippen LogP contribution in [0.1, 0.15) is 33.6 Å². The second kappa shape index (κ2) is 7.65.